The zero-order valence-electron chi connectivity index (χ0n) is 15.6. The van der Waals surface area contributed by atoms with E-state index in [1.165, 1.54) is 0 Å². The van der Waals surface area contributed by atoms with Crippen LogP contribution in [-0.2, 0) is 12.3 Å². The van der Waals surface area contributed by atoms with Crippen molar-refractivity contribution < 1.29 is 14.1 Å². The average Bonchev–Trinajstić information content (AvgIpc) is 3.03. The molecule has 0 aliphatic carbocycles. The first-order valence-electron chi connectivity index (χ1n) is 8.96. The van der Waals surface area contributed by atoms with E-state index in [4.69, 9.17) is 9.52 Å². The number of β-amino-alcohol motifs (C(OH)–C–C–N with tert-alkyl or cyclic N) is 1. The zero-order chi connectivity index (χ0) is 18.1. The Labute approximate surface area is 156 Å². The van der Waals surface area contributed by atoms with Crippen LogP contribution in [0.25, 0.3) is 0 Å². The number of aliphatic hydroxyl groups excluding tert-OH is 1. The molecule has 1 aliphatic rings. The second-order valence-electron chi connectivity index (χ2n) is 6.80. The van der Waals surface area contributed by atoms with Gasteiger partial charge in [0, 0.05) is 12.3 Å². The molecule has 0 amide bonds. The fraction of sp³-hybridized carbons (Fsp3) is 0.667. The summed E-state index contributed by atoms with van der Waals surface area (Å²) in [6.07, 6.45) is 2.01. The average molecular weight is 370 g/mol. The monoisotopic (exact) mass is 369 g/mol. The maximum atomic E-state index is 9.05. The Kier molecular flexibility index (Phi) is 8.48. The second-order valence-corrected chi connectivity index (χ2v) is 7.90. The number of aliphatic hydroxyl groups is 1. The van der Waals surface area contributed by atoms with Crippen LogP contribution in [-0.4, -0.2) is 85.2 Å². The van der Waals surface area contributed by atoms with E-state index in [1.807, 2.05) is 32.1 Å². The Bertz CT molecular complexity index is 513. The summed E-state index contributed by atoms with van der Waals surface area (Å²) in [6, 6.07) is 4.15. The molecule has 0 radical (unpaired) electrons. The Hall–Kier alpha value is -0.830. The molecule has 2 N–H and O–H groups in total. The third-order valence-electron chi connectivity index (χ3n) is 4.50. The molecule has 0 unspecified atom stereocenters. The first kappa shape index (κ1) is 20.5. The highest BCUT2D eigenvalue weighted by molar-refractivity contribution is 7.98. The highest BCUT2D eigenvalue weighted by atomic mass is 32.2. The van der Waals surface area contributed by atoms with E-state index in [9.17, 15) is 0 Å². The summed E-state index contributed by atoms with van der Waals surface area (Å²) >= 11 is 1.89. The van der Waals surface area contributed by atoms with Crippen molar-refractivity contribution in [3.05, 3.63) is 36.4 Å². The van der Waals surface area contributed by atoms with E-state index in [-0.39, 0.29) is 6.61 Å². The van der Waals surface area contributed by atoms with Crippen LogP contribution in [0.1, 0.15) is 11.5 Å². The van der Waals surface area contributed by atoms with Crippen LogP contribution < -0.4 is 5.43 Å². The molecule has 0 atom stereocenters. The largest absolute Gasteiger partial charge is 0.464 e. The smallest absolute Gasteiger partial charge is 0.118 e. The van der Waals surface area contributed by atoms with Crippen LogP contribution in [0.3, 0.4) is 0 Å². The minimum atomic E-state index is 0.237. The van der Waals surface area contributed by atoms with Crippen LogP contribution >= 0.6 is 11.8 Å². The zero-order valence-corrected chi connectivity index (χ0v) is 16.4. The maximum Gasteiger partial charge on any atom is 0.118 e. The van der Waals surface area contributed by atoms with Crippen LogP contribution in [0.5, 0.6) is 0 Å². The van der Waals surface area contributed by atoms with E-state index in [1.54, 1.807) is 0 Å². The van der Waals surface area contributed by atoms with Crippen LogP contribution in [0, 0.1) is 0 Å². The minimum Gasteiger partial charge on any atom is -0.464 e. The normalized spacial score (nSPS) is 17.9. The SMILES string of the molecule is C=C[N+]1(NCCSCc2ccc(CN(C)C)o2)CCN(CCO)CC1. The fourth-order valence-electron chi connectivity index (χ4n) is 3.04. The van der Waals surface area contributed by atoms with E-state index in [0.29, 0.717) is 0 Å². The number of rotatable bonds is 11. The molecule has 6 nitrogen and oxygen atoms in total. The van der Waals surface area contributed by atoms with Gasteiger partial charge < -0.3 is 14.4 Å². The van der Waals surface area contributed by atoms with E-state index >= 15 is 0 Å². The number of nitrogens with zero attached hydrogens (tertiary/aromatic N) is 3. The van der Waals surface area contributed by atoms with Gasteiger partial charge in [-0.1, -0.05) is 0 Å². The van der Waals surface area contributed by atoms with Crippen molar-refractivity contribution in [2.24, 2.45) is 0 Å². The summed E-state index contributed by atoms with van der Waals surface area (Å²) in [4.78, 5) is 4.41. The van der Waals surface area contributed by atoms with Gasteiger partial charge >= 0.3 is 0 Å². The number of hydrogen-bond donors (Lipinski definition) is 2. The summed E-state index contributed by atoms with van der Waals surface area (Å²) in [5.41, 5.74) is 3.64. The van der Waals surface area contributed by atoms with Crippen molar-refractivity contribution in [3.8, 4) is 0 Å². The van der Waals surface area contributed by atoms with Crippen LogP contribution in [0.15, 0.2) is 29.3 Å². The number of furan rings is 1. The molecule has 2 rings (SSSR count). The molecule has 0 spiro atoms. The highest BCUT2D eigenvalue weighted by Crippen LogP contribution is 2.16. The van der Waals surface area contributed by atoms with Gasteiger partial charge in [0.1, 0.15) is 30.8 Å². The van der Waals surface area contributed by atoms with Gasteiger partial charge in [-0.25, -0.2) is 4.59 Å². The van der Waals surface area contributed by atoms with Crippen molar-refractivity contribution in [2.45, 2.75) is 12.3 Å². The Morgan fingerprint density at radius 3 is 2.72 bits per heavy atom. The fourth-order valence-corrected chi connectivity index (χ4v) is 3.78. The molecule has 25 heavy (non-hydrogen) atoms. The molecule has 1 aromatic heterocycles. The molecular formula is C18H33N4O2S+. The van der Waals surface area contributed by atoms with Crippen molar-refractivity contribution in [3.63, 3.8) is 0 Å². The Balaban J connectivity index is 1.64. The van der Waals surface area contributed by atoms with Crippen molar-refractivity contribution in [1.82, 2.24) is 15.2 Å². The van der Waals surface area contributed by atoms with Crippen LogP contribution in [0.4, 0.5) is 0 Å². The summed E-state index contributed by atoms with van der Waals surface area (Å²) in [6.45, 7) is 10.8. The molecule has 1 aliphatic heterocycles. The van der Waals surface area contributed by atoms with Gasteiger partial charge in [0.25, 0.3) is 0 Å². The highest BCUT2D eigenvalue weighted by Gasteiger charge is 2.30. The molecule has 1 aromatic rings. The lowest BCUT2D eigenvalue weighted by Gasteiger charge is -2.41. The molecule has 0 saturated carbocycles. The number of hydrogen-bond acceptors (Lipinski definition) is 6. The number of nitrogens with one attached hydrogen (secondary N) is 1. The van der Waals surface area contributed by atoms with E-state index in [2.05, 4.69) is 33.9 Å². The lowest BCUT2D eigenvalue weighted by Crippen LogP contribution is -2.63. The van der Waals surface area contributed by atoms with Gasteiger partial charge in [0.05, 0.1) is 38.5 Å². The lowest BCUT2D eigenvalue weighted by molar-refractivity contribution is -0.926. The molecule has 1 saturated heterocycles. The first-order valence-corrected chi connectivity index (χ1v) is 10.1. The topological polar surface area (TPSA) is 51.9 Å². The van der Waals surface area contributed by atoms with Gasteiger partial charge in [0.2, 0.25) is 0 Å². The molecule has 7 heteroatoms. The molecule has 0 bridgehead atoms. The summed E-state index contributed by atoms with van der Waals surface area (Å²) in [5, 5.41) is 9.05. The molecule has 2 heterocycles. The predicted molar refractivity (Wildman–Crippen MR) is 104 cm³/mol. The van der Waals surface area contributed by atoms with Gasteiger partial charge in [-0.15, -0.1) is 0 Å². The predicted octanol–water partition coefficient (Wildman–Crippen LogP) is 1.35. The maximum absolute atomic E-state index is 9.05. The van der Waals surface area contributed by atoms with E-state index in [0.717, 1.165) is 73.4 Å². The number of quaternary nitrogens is 1. The Morgan fingerprint density at radius 2 is 2.08 bits per heavy atom. The van der Waals surface area contributed by atoms with E-state index < -0.39 is 0 Å². The van der Waals surface area contributed by atoms with Gasteiger partial charge in [-0.2, -0.15) is 17.2 Å². The van der Waals surface area contributed by atoms with Gasteiger partial charge in [-0.05, 0) is 32.8 Å². The van der Waals surface area contributed by atoms with Gasteiger partial charge in [0.15, 0.2) is 0 Å². The third kappa shape index (κ3) is 6.77. The lowest BCUT2D eigenvalue weighted by atomic mass is 10.3. The Morgan fingerprint density at radius 1 is 1.36 bits per heavy atom. The summed E-state index contributed by atoms with van der Waals surface area (Å²) < 4.78 is 6.60. The molecule has 1 fully saturated rings. The van der Waals surface area contributed by atoms with Crippen molar-refractivity contribution >= 4 is 11.8 Å². The molecule has 0 aromatic carbocycles. The van der Waals surface area contributed by atoms with Crippen molar-refractivity contribution in [2.75, 3.05) is 65.7 Å². The third-order valence-corrected chi connectivity index (χ3v) is 5.48. The summed E-state index contributed by atoms with van der Waals surface area (Å²) in [5.74, 6) is 4.02. The van der Waals surface area contributed by atoms with Gasteiger partial charge in [-0.3, -0.25) is 4.90 Å². The minimum absolute atomic E-state index is 0.237. The first-order chi connectivity index (χ1) is 12.1. The number of piperazine rings is 1. The van der Waals surface area contributed by atoms with Crippen molar-refractivity contribution in [1.29, 1.82) is 0 Å². The molecule has 142 valence electrons. The molecular weight excluding hydrogens is 336 g/mol. The summed E-state index contributed by atoms with van der Waals surface area (Å²) in [7, 11) is 4.09. The quantitative estimate of drug-likeness (QED) is 0.454. The number of thioether (sulfide) groups is 1. The second kappa shape index (κ2) is 10.4. The van der Waals surface area contributed by atoms with Crippen LogP contribution in [0.2, 0.25) is 0 Å². The standard InChI is InChI=1S/C18H33N4O2S/c1-4-22(11-8-21(9-12-22)10-13-23)19-7-14-25-16-18-6-5-17(24-18)15-20(2)3/h4-6,19,23H,1,7-16H2,2-3H3/q+1.